The number of alkyl halides is 3. The average Bonchev–Trinajstić information content (AvgIpc) is 1.41. The summed E-state index contributed by atoms with van der Waals surface area (Å²) in [6, 6.07) is 5.97. The number of nitrogens with one attached hydrogen (secondary N) is 2. The summed E-state index contributed by atoms with van der Waals surface area (Å²) in [5.41, 5.74) is 3.04. The third kappa shape index (κ3) is 25.7. The van der Waals surface area contributed by atoms with Gasteiger partial charge in [0, 0.05) is 101 Å². The van der Waals surface area contributed by atoms with Crippen molar-refractivity contribution in [3.8, 4) is 11.8 Å². The first-order valence-corrected chi connectivity index (χ1v) is 30.5. The van der Waals surface area contributed by atoms with Gasteiger partial charge in [0.25, 0.3) is 0 Å². The lowest BCUT2D eigenvalue weighted by Gasteiger charge is -2.38. The van der Waals surface area contributed by atoms with Crippen molar-refractivity contribution in [1.82, 2.24) is 29.2 Å². The van der Waals surface area contributed by atoms with Crippen LogP contribution in [0, 0.1) is 10.8 Å². The van der Waals surface area contributed by atoms with E-state index < -0.39 is 72.3 Å². The number of aliphatic carboxylic acids is 2. The first-order valence-electron chi connectivity index (χ1n) is 27.6. The number of carbonyl (C=O) groups excluding carboxylic acids is 3. The number of hydrogen-bond donors (Lipinski definition) is 5. The van der Waals surface area contributed by atoms with Crippen LogP contribution in [0.4, 0.5) is 26.7 Å². The number of aromatic nitrogens is 2. The standard InChI is InChI=1S/C27H40FN3O7S.C21H30FN3O7S.C5H11NO.C2HF3O2/c1-26(2,3)38-24(32)8-5-20(17-28)19-37-23-7-6-22(18-29-23)39(34,35)31-13-11-27(4,12-14-31)25(33)30-21-9-15-36-16-10-21;1-20(2,3)32-19(28)24-12-15(11-22)14-31-17-6-5-16(13-23-17)33(29,30)25-9-7-21(4,8-10-25)18(26)27;6-5-1-3-7-4-2-5;3-2(4,5)1(6)7/h6-7,17-18,21H,5,8-16,19H2,1-4H3,(H,30,33);5-6,11,13H,7-10,12,14H2,1-4H3,(H,24,28)(H,26,27);5H,1-4,6H2;(H,6,7). The van der Waals surface area contributed by atoms with Crippen LogP contribution in [-0.2, 0) is 58.2 Å². The first-order chi connectivity index (χ1) is 39.9. The number of esters is 1. The zero-order valence-electron chi connectivity index (χ0n) is 49.7. The van der Waals surface area contributed by atoms with E-state index in [1.54, 1.807) is 48.5 Å². The van der Waals surface area contributed by atoms with Gasteiger partial charge in [-0.15, -0.1) is 0 Å². The molecule has 2 amide bonds. The molecule has 486 valence electrons. The number of piperidine rings is 2. The summed E-state index contributed by atoms with van der Waals surface area (Å²) in [4.78, 5) is 64.7. The van der Waals surface area contributed by atoms with Crippen LogP contribution >= 0.6 is 0 Å². The van der Waals surface area contributed by atoms with Gasteiger partial charge in [-0.1, -0.05) is 6.92 Å². The molecule has 4 aliphatic rings. The molecule has 6 heterocycles. The number of carboxylic acids is 2. The van der Waals surface area contributed by atoms with Crippen LogP contribution in [0.1, 0.15) is 120 Å². The minimum absolute atomic E-state index is 0.00702. The smallest absolute Gasteiger partial charge is 0.481 e. The van der Waals surface area contributed by atoms with E-state index in [0.29, 0.717) is 44.8 Å². The number of sulfonamides is 2. The van der Waals surface area contributed by atoms with Gasteiger partial charge in [-0.25, -0.2) is 45.2 Å². The Balaban J connectivity index is 0.000000369. The van der Waals surface area contributed by atoms with Gasteiger partial charge in [-0.2, -0.15) is 21.8 Å². The maximum absolute atomic E-state index is 13.3. The Morgan fingerprint density at radius 3 is 1.47 bits per heavy atom. The van der Waals surface area contributed by atoms with Crippen LogP contribution in [-0.4, -0.2) is 177 Å². The first kappa shape index (κ1) is 74.1. The molecule has 0 radical (unpaired) electrons. The molecule has 0 aromatic carbocycles. The van der Waals surface area contributed by atoms with Crippen LogP contribution in [0.2, 0.25) is 0 Å². The number of pyridine rings is 2. The van der Waals surface area contributed by atoms with Crippen molar-refractivity contribution in [3.63, 3.8) is 0 Å². The lowest BCUT2D eigenvalue weighted by molar-refractivity contribution is -0.192. The number of ether oxygens (including phenoxy) is 6. The highest BCUT2D eigenvalue weighted by Gasteiger charge is 2.43. The van der Waals surface area contributed by atoms with Crippen LogP contribution in [0.5, 0.6) is 11.8 Å². The molecule has 4 aliphatic heterocycles. The molecule has 2 aromatic heterocycles. The highest BCUT2D eigenvalue weighted by Crippen LogP contribution is 2.35. The van der Waals surface area contributed by atoms with Crippen molar-refractivity contribution in [2.45, 2.75) is 159 Å². The summed E-state index contributed by atoms with van der Waals surface area (Å²) in [6.45, 7) is 17.0. The van der Waals surface area contributed by atoms with E-state index in [1.165, 1.54) is 39.1 Å². The molecule has 31 heteroatoms. The highest BCUT2D eigenvalue weighted by molar-refractivity contribution is 7.89. The van der Waals surface area contributed by atoms with Crippen LogP contribution in [0.15, 0.2) is 70.3 Å². The van der Waals surface area contributed by atoms with Crippen molar-refractivity contribution in [2.75, 3.05) is 72.4 Å². The molecule has 6 rings (SSSR count). The van der Waals surface area contributed by atoms with E-state index in [-0.39, 0.29) is 116 Å². The topological polar surface area (TPSA) is 332 Å². The Hall–Kier alpha value is -6.12. The molecule has 86 heavy (non-hydrogen) atoms. The van der Waals surface area contributed by atoms with E-state index in [9.17, 15) is 63.1 Å². The van der Waals surface area contributed by atoms with Gasteiger partial charge < -0.3 is 55.0 Å². The molecule has 24 nitrogen and oxygen atoms in total. The molecule has 6 N–H and O–H groups in total. The fourth-order valence-corrected chi connectivity index (χ4v) is 10.8. The zero-order chi connectivity index (χ0) is 64.7. The van der Waals surface area contributed by atoms with Crippen molar-refractivity contribution in [2.24, 2.45) is 16.6 Å². The summed E-state index contributed by atoms with van der Waals surface area (Å²) in [7, 11) is -7.64. The molecular weight excluding hydrogens is 1190 g/mol. The minimum atomic E-state index is -5.08. The van der Waals surface area contributed by atoms with E-state index in [2.05, 4.69) is 20.6 Å². The number of nitrogens with two attached hydrogens (primary N) is 1. The van der Waals surface area contributed by atoms with Crippen molar-refractivity contribution in [3.05, 3.63) is 60.5 Å². The predicted octanol–water partition coefficient (Wildman–Crippen LogP) is 6.99. The summed E-state index contributed by atoms with van der Waals surface area (Å²) in [6.07, 6.45) is 2.28. The summed E-state index contributed by atoms with van der Waals surface area (Å²) >= 11 is 0. The Kier molecular flexibility index (Phi) is 28.7. The number of hydrogen-bond acceptors (Lipinski definition) is 18. The molecule has 4 saturated heterocycles. The van der Waals surface area contributed by atoms with Crippen molar-refractivity contribution < 1.29 is 101 Å². The van der Waals surface area contributed by atoms with E-state index in [4.69, 9.17) is 44.1 Å². The third-order valence-electron chi connectivity index (χ3n) is 13.5. The van der Waals surface area contributed by atoms with Gasteiger partial charge in [0.1, 0.15) is 34.2 Å². The third-order valence-corrected chi connectivity index (χ3v) is 17.3. The lowest BCUT2D eigenvalue weighted by atomic mass is 9.80. The fourth-order valence-electron chi connectivity index (χ4n) is 8.07. The lowest BCUT2D eigenvalue weighted by Crippen LogP contribution is -2.51. The largest absolute Gasteiger partial charge is 0.490 e. The van der Waals surface area contributed by atoms with E-state index in [1.807, 2.05) is 6.92 Å². The second-order valence-corrected chi connectivity index (χ2v) is 26.9. The number of alkyl carbamates (subject to hydrolysis) is 1. The molecule has 0 unspecified atom stereocenters. The van der Waals surface area contributed by atoms with Crippen LogP contribution < -0.4 is 25.8 Å². The highest BCUT2D eigenvalue weighted by atomic mass is 32.2. The Labute approximate surface area is 498 Å². The number of rotatable bonds is 18. The van der Waals surface area contributed by atoms with Gasteiger partial charge in [0.15, 0.2) is 0 Å². The molecule has 0 atom stereocenters. The molecular formula is C55H82F5N7O17S2. The zero-order valence-corrected chi connectivity index (χ0v) is 51.3. The fraction of sp³-hybridized carbons (Fsp3) is 0.655. The van der Waals surface area contributed by atoms with Gasteiger partial charge in [-0.3, -0.25) is 14.4 Å². The minimum Gasteiger partial charge on any atom is -0.481 e. The van der Waals surface area contributed by atoms with Crippen molar-refractivity contribution in [1.29, 1.82) is 0 Å². The molecule has 0 aliphatic carbocycles. The van der Waals surface area contributed by atoms with Gasteiger partial charge in [-0.05, 0) is 124 Å². The summed E-state index contributed by atoms with van der Waals surface area (Å²) < 4.78 is 144. The van der Waals surface area contributed by atoms with Gasteiger partial charge in [0.2, 0.25) is 37.7 Å². The number of nitrogens with zero attached hydrogens (tertiary/aromatic N) is 4. The van der Waals surface area contributed by atoms with Crippen LogP contribution in [0.3, 0.4) is 0 Å². The number of halogens is 5. The molecule has 2 aromatic rings. The normalized spacial score (nSPS) is 18.4. The monoisotopic (exact) mass is 1270 g/mol. The van der Waals surface area contributed by atoms with Crippen LogP contribution in [0.25, 0.3) is 0 Å². The second kappa shape index (κ2) is 33.3. The molecule has 4 fully saturated rings. The Morgan fingerprint density at radius 1 is 0.686 bits per heavy atom. The molecule has 0 bridgehead atoms. The number of amides is 2. The summed E-state index contributed by atoms with van der Waals surface area (Å²) in [5, 5.41) is 21.9. The van der Waals surface area contributed by atoms with E-state index in [0.717, 1.165) is 45.1 Å². The SMILES string of the molecule is CC(C)(C)OC(=O)CCC(=CF)COc1ccc(S(=O)(=O)N2CCC(C)(C(=O)NC3CCOCC3)CC2)cn1.CC(C)(C)OC(=O)NCC(=CF)COc1ccc(S(=O)(=O)N2CCC(C)(C(=O)O)CC2)cn1.NC1CCOCC1.O=C(O)C(F)(F)F. The van der Waals surface area contributed by atoms with Gasteiger partial charge >= 0.3 is 30.2 Å². The quantitative estimate of drug-likeness (QED) is 0.0741. The number of carboxylic acid groups (broad SMARTS) is 2. The van der Waals surface area contributed by atoms with E-state index >= 15 is 0 Å². The molecule has 0 spiro atoms. The average molecular weight is 1270 g/mol. The maximum atomic E-state index is 13.3. The Morgan fingerprint density at radius 2 is 1.10 bits per heavy atom. The predicted molar refractivity (Wildman–Crippen MR) is 301 cm³/mol. The Bertz CT molecular complexity index is 2810. The van der Waals surface area contributed by atoms with Gasteiger partial charge in [0.05, 0.1) is 30.5 Å². The second-order valence-electron chi connectivity index (χ2n) is 23.1. The van der Waals surface area contributed by atoms with Crippen molar-refractivity contribution >= 4 is 50.0 Å². The summed E-state index contributed by atoms with van der Waals surface area (Å²) in [5.74, 6) is -3.97. The molecule has 0 saturated carbocycles. The number of carbonyl (C=O) groups is 5. The maximum Gasteiger partial charge on any atom is 0.490 e.